The first-order valence-electron chi connectivity index (χ1n) is 3.08. The molecular formula is C5H7N5O. The summed E-state index contributed by atoms with van der Waals surface area (Å²) in [6, 6.07) is 0. The summed E-state index contributed by atoms with van der Waals surface area (Å²) in [4.78, 5) is 17.3. The van der Waals surface area contributed by atoms with Crippen LogP contribution in [0.3, 0.4) is 0 Å². The number of nitrogens with two attached hydrogens (primary N) is 1. The minimum Gasteiger partial charge on any atom is -0.369 e. The molecule has 2 rings (SSSR count). The molecule has 4 N–H and O–H groups in total. The first-order chi connectivity index (χ1) is 5.18. The van der Waals surface area contributed by atoms with E-state index < -0.39 is 0 Å². The Morgan fingerprint density at radius 2 is 2.36 bits per heavy atom. The largest absolute Gasteiger partial charge is 0.369 e. The van der Waals surface area contributed by atoms with Gasteiger partial charge in [0, 0.05) is 7.05 Å². The Morgan fingerprint density at radius 1 is 1.64 bits per heavy atom. The molecule has 0 aliphatic carbocycles. The Hall–Kier alpha value is -1.72. The molecule has 0 aliphatic heterocycles. The number of hydrogen-bond donors (Lipinski definition) is 3. The van der Waals surface area contributed by atoms with Gasteiger partial charge >= 0.3 is 0 Å². The zero-order chi connectivity index (χ0) is 8.01. The number of nitrogens with zero attached hydrogens (tertiary/aromatic N) is 2. The van der Waals surface area contributed by atoms with E-state index in [4.69, 9.17) is 5.73 Å². The van der Waals surface area contributed by atoms with Crippen molar-refractivity contribution in [2.24, 2.45) is 7.05 Å². The van der Waals surface area contributed by atoms with Crippen molar-refractivity contribution in [3.63, 3.8) is 0 Å². The number of H-pyrrole nitrogens is 2. The zero-order valence-corrected chi connectivity index (χ0v) is 5.88. The van der Waals surface area contributed by atoms with E-state index in [2.05, 4.69) is 15.1 Å². The van der Waals surface area contributed by atoms with Crippen molar-refractivity contribution >= 4 is 17.1 Å². The number of aryl methyl sites for hydroxylation is 1. The average molecular weight is 153 g/mol. The maximum Gasteiger partial charge on any atom is 0.279 e. The Labute approximate surface area is 61.0 Å². The van der Waals surface area contributed by atoms with Crippen LogP contribution in [0.2, 0.25) is 0 Å². The summed E-state index contributed by atoms with van der Waals surface area (Å²) in [5, 5.41) is 2.75. The number of fused-ring (bicyclic) bond motifs is 1. The predicted molar refractivity (Wildman–Crippen MR) is 40.1 cm³/mol. The quantitative estimate of drug-likeness (QED) is 0.461. The summed E-state index contributed by atoms with van der Waals surface area (Å²) >= 11 is 0. The molecule has 2 aromatic rings. The molecule has 0 saturated heterocycles. The normalized spacial score (nSPS) is 11.0. The van der Waals surface area contributed by atoms with Gasteiger partial charge in [-0.25, -0.2) is 0 Å². The molecule has 0 unspecified atom stereocenters. The average Bonchev–Trinajstić information content (AvgIpc) is 1.93. The molecule has 0 aliphatic rings. The summed E-state index contributed by atoms with van der Waals surface area (Å²) in [6.45, 7) is 0. The number of aromatic nitrogens is 4. The van der Waals surface area contributed by atoms with Gasteiger partial charge in [-0.1, -0.05) is 0 Å². The summed E-state index contributed by atoms with van der Waals surface area (Å²) < 4.78 is 1.63. The molecule has 2 heterocycles. The summed E-state index contributed by atoms with van der Waals surface area (Å²) in [7, 11) is 1.76. The van der Waals surface area contributed by atoms with Crippen molar-refractivity contribution in [1.82, 2.24) is 19.7 Å². The minimum atomic E-state index is -0.231. The zero-order valence-electron chi connectivity index (χ0n) is 5.88. The SMILES string of the molecule is Cn1[nH]c2c(=O)[nH]c(N)nc21. The highest BCUT2D eigenvalue weighted by Crippen LogP contribution is 2.04. The Balaban J connectivity index is 2.91. The number of anilines is 1. The maximum absolute atomic E-state index is 11.0. The van der Waals surface area contributed by atoms with Crippen LogP contribution in [0, 0.1) is 0 Å². The molecule has 0 fully saturated rings. The molecule has 0 amide bonds. The van der Waals surface area contributed by atoms with Crippen molar-refractivity contribution in [3.8, 4) is 0 Å². The highest BCUT2D eigenvalue weighted by Gasteiger charge is 2.07. The van der Waals surface area contributed by atoms with E-state index in [0.29, 0.717) is 11.2 Å². The van der Waals surface area contributed by atoms with E-state index >= 15 is 0 Å². The molecule has 0 saturated carbocycles. The molecule has 0 spiro atoms. The van der Waals surface area contributed by atoms with Gasteiger partial charge in [0.1, 0.15) is 0 Å². The standard InChI is InChI=1S/C5H7N5O/c1-10-3-2(9-10)4(11)8-5(6)7-3/h9H,1H3,(H3,6,7,8,11). The number of nitrogens with one attached hydrogen (secondary N) is 2. The Morgan fingerprint density at radius 3 is 3.00 bits per heavy atom. The van der Waals surface area contributed by atoms with Crippen LogP contribution in [0.25, 0.3) is 11.2 Å². The van der Waals surface area contributed by atoms with Crippen molar-refractivity contribution in [1.29, 1.82) is 0 Å². The lowest BCUT2D eigenvalue weighted by Crippen LogP contribution is -2.20. The third-order valence-corrected chi connectivity index (χ3v) is 1.52. The summed E-state index contributed by atoms with van der Waals surface area (Å²) in [5.41, 5.74) is 6.14. The van der Waals surface area contributed by atoms with E-state index in [0.717, 1.165) is 0 Å². The topological polar surface area (TPSA) is 92.5 Å². The van der Waals surface area contributed by atoms with Crippen LogP contribution in [-0.4, -0.2) is 19.7 Å². The molecule has 11 heavy (non-hydrogen) atoms. The van der Waals surface area contributed by atoms with Gasteiger partial charge < -0.3 is 5.73 Å². The lowest BCUT2D eigenvalue weighted by molar-refractivity contribution is 0.740. The number of aromatic amines is 2. The van der Waals surface area contributed by atoms with Gasteiger partial charge in [-0.15, -0.1) is 0 Å². The lowest BCUT2D eigenvalue weighted by atomic mass is 10.5. The van der Waals surface area contributed by atoms with Gasteiger partial charge in [-0.2, -0.15) is 4.98 Å². The molecular weight excluding hydrogens is 146 g/mol. The van der Waals surface area contributed by atoms with Crippen LogP contribution < -0.4 is 11.3 Å². The second kappa shape index (κ2) is 1.66. The third-order valence-electron chi connectivity index (χ3n) is 1.52. The van der Waals surface area contributed by atoms with Crippen LogP contribution >= 0.6 is 0 Å². The fourth-order valence-electron chi connectivity index (χ4n) is 0.989. The van der Waals surface area contributed by atoms with E-state index in [1.165, 1.54) is 0 Å². The van der Waals surface area contributed by atoms with Gasteiger partial charge in [-0.05, 0) is 0 Å². The first kappa shape index (κ1) is 6.02. The minimum absolute atomic E-state index is 0.141. The molecule has 58 valence electrons. The fraction of sp³-hybridized carbons (Fsp3) is 0.200. The smallest absolute Gasteiger partial charge is 0.279 e. The second-order valence-corrected chi connectivity index (χ2v) is 2.32. The molecule has 6 heteroatoms. The van der Waals surface area contributed by atoms with Crippen LogP contribution in [0.4, 0.5) is 5.95 Å². The monoisotopic (exact) mass is 153 g/mol. The summed E-state index contributed by atoms with van der Waals surface area (Å²) in [6.07, 6.45) is 0. The van der Waals surface area contributed by atoms with Crippen molar-refractivity contribution < 1.29 is 0 Å². The molecule has 0 bridgehead atoms. The van der Waals surface area contributed by atoms with Crippen LogP contribution in [0.1, 0.15) is 0 Å². The Bertz CT molecular complexity index is 447. The van der Waals surface area contributed by atoms with E-state index in [9.17, 15) is 4.79 Å². The molecule has 0 atom stereocenters. The number of hydrogen-bond acceptors (Lipinski definition) is 3. The van der Waals surface area contributed by atoms with E-state index in [1.807, 2.05) is 0 Å². The molecule has 0 radical (unpaired) electrons. The fourth-order valence-corrected chi connectivity index (χ4v) is 0.989. The van der Waals surface area contributed by atoms with Crippen molar-refractivity contribution in [2.75, 3.05) is 5.73 Å². The van der Waals surface area contributed by atoms with Crippen LogP contribution in [0.5, 0.6) is 0 Å². The number of nitrogen functional groups attached to an aromatic ring is 1. The van der Waals surface area contributed by atoms with Crippen molar-refractivity contribution in [3.05, 3.63) is 10.4 Å². The molecule has 6 nitrogen and oxygen atoms in total. The van der Waals surface area contributed by atoms with E-state index in [1.54, 1.807) is 11.7 Å². The van der Waals surface area contributed by atoms with E-state index in [-0.39, 0.29) is 11.5 Å². The van der Waals surface area contributed by atoms with Crippen molar-refractivity contribution in [2.45, 2.75) is 0 Å². The first-order valence-corrected chi connectivity index (χ1v) is 3.08. The van der Waals surface area contributed by atoms with Gasteiger partial charge in [0.2, 0.25) is 5.95 Å². The third kappa shape index (κ3) is 0.658. The number of rotatable bonds is 0. The highest BCUT2D eigenvalue weighted by molar-refractivity contribution is 5.71. The van der Waals surface area contributed by atoms with Crippen LogP contribution in [0.15, 0.2) is 4.79 Å². The molecule has 2 aromatic heterocycles. The molecule has 0 aromatic carbocycles. The summed E-state index contributed by atoms with van der Waals surface area (Å²) in [5.74, 6) is 0.141. The van der Waals surface area contributed by atoms with Gasteiger partial charge in [0.05, 0.1) is 0 Å². The van der Waals surface area contributed by atoms with Gasteiger partial charge in [0.15, 0.2) is 11.2 Å². The Kier molecular flexibility index (Phi) is 0.906. The predicted octanol–water partition coefficient (Wildman–Crippen LogP) is -0.828. The van der Waals surface area contributed by atoms with Gasteiger partial charge in [-0.3, -0.25) is 19.6 Å². The lowest BCUT2D eigenvalue weighted by Gasteiger charge is -2.08. The highest BCUT2D eigenvalue weighted by atomic mass is 16.1. The maximum atomic E-state index is 11.0. The van der Waals surface area contributed by atoms with Crippen LogP contribution in [-0.2, 0) is 7.05 Å². The van der Waals surface area contributed by atoms with Gasteiger partial charge in [0.25, 0.3) is 5.56 Å². The second-order valence-electron chi connectivity index (χ2n) is 2.32.